The van der Waals surface area contributed by atoms with Gasteiger partial charge in [-0.05, 0) is 30.5 Å². The van der Waals surface area contributed by atoms with Gasteiger partial charge in [0.05, 0.1) is 13.2 Å². The third kappa shape index (κ3) is 2.00. The molecule has 3 heteroatoms. The Bertz CT molecular complexity index is 297. The van der Waals surface area contributed by atoms with E-state index in [1.807, 2.05) is 11.3 Å². The first-order chi connectivity index (χ1) is 6.81. The van der Waals surface area contributed by atoms with E-state index in [-0.39, 0.29) is 0 Å². The first-order valence-corrected chi connectivity index (χ1v) is 6.05. The smallest absolute Gasteiger partial charge is 0.0626 e. The van der Waals surface area contributed by atoms with Crippen molar-refractivity contribution < 1.29 is 4.74 Å². The van der Waals surface area contributed by atoms with Crippen LogP contribution >= 0.6 is 11.3 Å². The molecular weight excluding hydrogens is 194 g/mol. The summed E-state index contributed by atoms with van der Waals surface area (Å²) in [6.07, 6.45) is 0. The molecule has 0 bridgehead atoms. The van der Waals surface area contributed by atoms with Gasteiger partial charge < -0.3 is 10.1 Å². The van der Waals surface area contributed by atoms with E-state index in [1.165, 1.54) is 10.4 Å². The lowest BCUT2D eigenvalue weighted by molar-refractivity contribution is 0.188. The zero-order chi connectivity index (χ0) is 9.97. The van der Waals surface area contributed by atoms with E-state index in [1.54, 1.807) is 0 Å². The molecule has 1 fully saturated rings. The fourth-order valence-corrected chi connectivity index (χ4v) is 2.77. The van der Waals surface area contributed by atoms with Gasteiger partial charge in [-0.3, -0.25) is 0 Å². The summed E-state index contributed by atoms with van der Waals surface area (Å²) in [5, 5.41) is 5.74. The minimum Gasteiger partial charge on any atom is -0.379 e. The molecule has 2 atom stereocenters. The molecule has 0 radical (unpaired) electrons. The highest BCUT2D eigenvalue weighted by Crippen LogP contribution is 2.29. The zero-order valence-electron chi connectivity index (χ0n) is 8.75. The van der Waals surface area contributed by atoms with Crippen molar-refractivity contribution in [3.05, 3.63) is 21.9 Å². The van der Waals surface area contributed by atoms with Gasteiger partial charge in [-0.15, -0.1) is 11.3 Å². The van der Waals surface area contributed by atoms with E-state index in [4.69, 9.17) is 4.74 Å². The van der Waals surface area contributed by atoms with Gasteiger partial charge in [0.25, 0.3) is 0 Å². The molecule has 0 aromatic carbocycles. The van der Waals surface area contributed by atoms with Crippen LogP contribution in [0.5, 0.6) is 0 Å². The summed E-state index contributed by atoms with van der Waals surface area (Å²) < 4.78 is 5.53. The molecule has 14 heavy (non-hydrogen) atoms. The molecule has 0 saturated carbocycles. The third-order valence-electron chi connectivity index (χ3n) is 2.73. The Hall–Kier alpha value is -0.380. The van der Waals surface area contributed by atoms with Crippen LogP contribution in [-0.2, 0) is 4.74 Å². The van der Waals surface area contributed by atoms with Gasteiger partial charge in [-0.2, -0.15) is 0 Å². The largest absolute Gasteiger partial charge is 0.379 e. The molecule has 1 N–H and O–H groups in total. The van der Waals surface area contributed by atoms with Crippen molar-refractivity contribution in [2.24, 2.45) is 0 Å². The summed E-state index contributed by atoms with van der Waals surface area (Å²) in [4.78, 5) is 1.39. The number of hydrogen-bond donors (Lipinski definition) is 1. The molecule has 0 aliphatic carbocycles. The van der Waals surface area contributed by atoms with E-state index >= 15 is 0 Å². The van der Waals surface area contributed by atoms with Crippen LogP contribution in [-0.4, -0.2) is 25.8 Å². The average Bonchev–Trinajstić information content (AvgIpc) is 2.74. The molecule has 1 aliphatic heterocycles. The molecular formula is C11H17NOS. The minimum atomic E-state index is 0.508. The predicted molar refractivity (Wildman–Crippen MR) is 60.1 cm³/mol. The molecule has 2 unspecified atom stereocenters. The Kier molecular flexibility index (Phi) is 3.21. The topological polar surface area (TPSA) is 21.3 Å². The number of rotatable bonds is 3. The van der Waals surface area contributed by atoms with Gasteiger partial charge in [-0.1, -0.05) is 6.92 Å². The van der Waals surface area contributed by atoms with Crippen LogP contribution in [0, 0.1) is 6.92 Å². The normalized spacial score (nSPS) is 27.0. The number of aryl methyl sites for hydroxylation is 1. The Morgan fingerprint density at radius 3 is 3.07 bits per heavy atom. The highest BCUT2D eigenvalue weighted by molar-refractivity contribution is 7.10. The summed E-state index contributed by atoms with van der Waals surface area (Å²) in [6, 6.07) is 2.79. The monoisotopic (exact) mass is 211 g/mol. The molecule has 0 spiro atoms. The van der Waals surface area contributed by atoms with E-state index in [0.29, 0.717) is 12.0 Å². The highest BCUT2D eigenvalue weighted by atomic mass is 32.1. The summed E-state index contributed by atoms with van der Waals surface area (Å²) in [6.45, 7) is 7.05. The lowest BCUT2D eigenvalue weighted by Gasteiger charge is -2.16. The first-order valence-electron chi connectivity index (χ1n) is 5.17. The van der Waals surface area contributed by atoms with E-state index in [0.717, 1.165) is 19.8 Å². The molecule has 1 aromatic rings. The van der Waals surface area contributed by atoms with Gasteiger partial charge in [0, 0.05) is 16.8 Å². The van der Waals surface area contributed by atoms with Crippen molar-refractivity contribution in [1.29, 1.82) is 0 Å². The average molecular weight is 211 g/mol. The van der Waals surface area contributed by atoms with Crippen LogP contribution in [0.4, 0.5) is 0 Å². The molecule has 1 aromatic heterocycles. The molecule has 2 nitrogen and oxygen atoms in total. The van der Waals surface area contributed by atoms with E-state index < -0.39 is 0 Å². The van der Waals surface area contributed by atoms with Crippen molar-refractivity contribution >= 4 is 11.3 Å². The molecule has 1 saturated heterocycles. The number of likely N-dealkylation sites (N-methyl/N-ethyl adjacent to an activating group) is 1. The number of hydrogen-bond acceptors (Lipinski definition) is 3. The first kappa shape index (κ1) is 10.1. The van der Waals surface area contributed by atoms with Crippen LogP contribution in [0.25, 0.3) is 0 Å². The zero-order valence-corrected chi connectivity index (χ0v) is 9.56. The van der Waals surface area contributed by atoms with Crippen molar-refractivity contribution in [1.82, 2.24) is 5.32 Å². The Labute approximate surface area is 89.3 Å². The molecule has 2 rings (SSSR count). The van der Waals surface area contributed by atoms with Crippen molar-refractivity contribution in [3.63, 3.8) is 0 Å². The summed E-state index contributed by atoms with van der Waals surface area (Å²) in [5.74, 6) is 0.555. The third-order valence-corrected chi connectivity index (χ3v) is 3.61. The SMILES string of the molecule is CCNC1COCC1c1csc(C)c1. The Morgan fingerprint density at radius 2 is 2.43 bits per heavy atom. The number of nitrogens with one attached hydrogen (secondary N) is 1. The van der Waals surface area contributed by atoms with Crippen LogP contribution in [0.15, 0.2) is 11.4 Å². The highest BCUT2D eigenvalue weighted by Gasteiger charge is 2.29. The quantitative estimate of drug-likeness (QED) is 0.827. The molecule has 78 valence electrons. The number of ether oxygens (including phenoxy) is 1. The second kappa shape index (κ2) is 4.43. The predicted octanol–water partition coefficient (Wildman–Crippen LogP) is 2.15. The maximum absolute atomic E-state index is 5.53. The van der Waals surface area contributed by atoms with Crippen LogP contribution < -0.4 is 5.32 Å². The Balaban J connectivity index is 2.09. The lowest BCUT2D eigenvalue weighted by atomic mass is 9.97. The standard InChI is InChI=1S/C11H17NOS/c1-3-12-11-6-13-5-10(11)9-4-8(2)14-7-9/h4,7,10-12H,3,5-6H2,1-2H3. The summed E-state index contributed by atoms with van der Waals surface area (Å²) >= 11 is 1.83. The van der Waals surface area contributed by atoms with Crippen LogP contribution in [0.2, 0.25) is 0 Å². The van der Waals surface area contributed by atoms with Gasteiger partial charge in [0.2, 0.25) is 0 Å². The number of thiophene rings is 1. The summed E-state index contributed by atoms with van der Waals surface area (Å²) in [5.41, 5.74) is 1.44. The molecule has 2 heterocycles. The van der Waals surface area contributed by atoms with Gasteiger partial charge in [0.15, 0.2) is 0 Å². The fraction of sp³-hybridized carbons (Fsp3) is 0.636. The summed E-state index contributed by atoms with van der Waals surface area (Å²) in [7, 11) is 0. The molecule has 0 amide bonds. The van der Waals surface area contributed by atoms with Gasteiger partial charge in [-0.25, -0.2) is 0 Å². The fourth-order valence-electron chi connectivity index (χ4n) is 2.00. The van der Waals surface area contributed by atoms with Crippen molar-refractivity contribution in [3.8, 4) is 0 Å². The lowest BCUT2D eigenvalue weighted by Crippen LogP contribution is -2.33. The van der Waals surface area contributed by atoms with Gasteiger partial charge in [0.1, 0.15) is 0 Å². The van der Waals surface area contributed by atoms with E-state index in [2.05, 4.69) is 30.6 Å². The van der Waals surface area contributed by atoms with Crippen LogP contribution in [0.1, 0.15) is 23.3 Å². The maximum Gasteiger partial charge on any atom is 0.0626 e. The second-order valence-corrected chi connectivity index (χ2v) is 4.91. The van der Waals surface area contributed by atoms with Crippen molar-refractivity contribution in [2.75, 3.05) is 19.8 Å². The van der Waals surface area contributed by atoms with Crippen LogP contribution in [0.3, 0.4) is 0 Å². The Morgan fingerprint density at radius 1 is 1.57 bits per heavy atom. The maximum atomic E-state index is 5.53. The van der Waals surface area contributed by atoms with Gasteiger partial charge >= 0.3 is 0 Å². The van der Waals surface area contributed by atoms with Crippen molar-refractivity contribution in [2.45, 2.75) is 25.8 Å². The van der Waals surface area contributed by atoms with E-state index in [9.17, 15) is 0 Å². The second-order valence-electron chi connectivity index (χ2n) is 3.80. The minimum absolute atomic E-state index is 0.508. The molecule has 1 aliphatic rings.